The van der Waals surface area contributed by atoms with Gasteiger partial charge in [-0.05, 0) is 55.7 Å². The Morgan fingerprint density at radius 3 is 2.59 bits per heavy atom. The van der Waals surface area contributed by atoms with E-state index in [9.17, 15) is 4.79 Å². The van der Waals surface area contributed by atoms with Crippen molar-refractivity contribution in [3.63, 3.8) is 0 Å². The summed E-state index contributed by atoms with van der Waals surface area (Å²) in [6.07, 6.45) is -0.565. The molecule has 1 amide bonds. The van der Waals surface area contributed by atoms with Crippen LogP contribution in [0.2, 0.25) is 5.02 Å². The largest absolute Gasteiger partial charge is 0.481 e. The summed E-state index contributed by atoms with van der Waals surface area (Å²) < 4.78 is 5.69. The van der Waals surface area contributed by atoms with Gasteiger partial charge in [-0.1, -0.05) is 35.9 Å². The van der Waals surface area contributed by atoms with Crippen molar-refractivity contribution in [1.82, 2.24) is 5.32 Å². The third-order valence-corrected chi connectivity index (χ3v) is 3.94. The number of rotatable bonds is 5. The average Bonchev–Trinajstić information content (AvgIpc) is 2.50. The smallest absolute Gasteiger partial charge is 0.261 e. The highest BCUT2D eigenvalue weighted by atomic mass is 35.5. The van der Waals surface area contributed by atoms with Gasteiger partial charge in [-0.25, -0.2) is 0 Å². The quantitative estimate of drug-likeness (QED) is 0.903. The van der Waals surface area contributed by atoms with Crippen LogP contribution in [0.25, 0.3) is 0 Å². The van der Waals surface area contributed by atoms with Gasteiger partial charge in [0.15, 0.2) is 6.10 Å². The summed E-state index contributed by atoms with van der Waals surface area (Å²) in [6, 6.07) is 13.2. The minimum absolute atomic E-state index is 0.168. The fraction of sp³-hybridized carbons (Fsp3) is 0.278. The van der Waals surface area contributed by atoms with Crippen molar-refractivity contribution in [2.45, 2.75) is 33.4 Å². The first-order valence-electron chi connectivity index (χ1n) is 7.22. The standard InChI is InChI=1S/C18H20ClNO2/c1-12-8-9-16(10-13(12)2)22-14(3)18(21)20-11-15-6-4-5-7-17(15)19/h4-10,14H,11H2,1-3H3,(H,20,21)/t14-/m0/s1. The summed E-state index contributed by atoms with van der Waals surface area (Å²) in [5.74, 6) is 0.529. The molecule has 0 aliphatic rings. The number of halogens is 1. The third-order valence-electron chi connectivity index (χ3n) is 3.57. The molecule has 0 spiro atoms. The third kappa shape index (κ3) is 4.25. The van der Waals surface area contributed by atoms with Crippen molar-refractivity contribution < 1.29 is 9.53 Å². The summed E-state index contributed by atoms with van der Waals surface area (Å²) in [5, 5.41) is 3.48. The van der Waals surface area contributed by atoms with E-state index in [1.54, 1.807) is 13.0 Å². The SMILES string of the molecule is Cc1ccc(O[C@@H](C)C(=O)NCc2ccccc2Cl)cc1C. The molecule has 0 aliphatic heterocycles. The molecule has 0 radical (unpaired) electrons. The molecule has 0 heterocycles. The van der Waals surface area contributed by atoms with E-state index in [2.05, 4.69) is 5.32 Å². The molecule has 1 atom stereocenters. The van der Waals surface area contributed by atoms with Gasteiger partial charge in [-0.15, -0.1) is 0 Å². The fourth-order valence-corrected chi connectivity index (χ4v) is 2.22. The Balaban J connectivity index is 1.92. The second-order valence-corrected chi connectivity index (χ2v) is 5.72. The van der Waals surface area contributed by atoms with E-state index < -0.39 is 6.10 Å². The fourth-order valence-electron chi connectivity index (χ4n) is 2.01. The Labute approximate surface area is 136 Å². The molecule has 2 aromatic rings. The lowest BCUT2D eigenvalue weighted by molar-refractivity contribution is -0.127. The van der Waals surface area contributed by atoms with Crippen LogP contribution in [0.4, 0.5) is 0 Å². The average molecular weight is 318 g/mol. The zero-order valence-electron chi connectivity index (χ0n) is 13.0. The molecule has 0 fully saturated rings. The Kier molecular flexibility index (Phi) is 5.45. The van der Waals surface area contributed by atoms with E-state index in [1.807, 2.05) is 50.2 Å². The number of hydrogen-bond donors (Lipinski definition) is 1. The lowest BCUT2D eigenvalue weighted by Crippen LogP contribution is -2.35. The molecule has 4 heteroatoms. The number of amides is 1. The van der Waals surface area contributed by atoms with Crippen molar-refractivity contribution in [3.05, 3.63) is 64.2 Å². The first-order valence-corrected chi connectivity index (χ1v) is 7.60. The van der Waals surface area contributed by atoms with Gasteiger partial charge in [0.05, 0.1) is 0 Å². The molecular weight excluding hydrogens is 298 g/mol. The second kappa shape index (κ2) is 7.32. The Bertz CT molecular complexity index is 670. The molecule has 2 rings (SSSR count). The van der Waals surface area contributed by atoms with E-state index in [4.69, 9.17) is 16.3 Å². The maximum atomic E-state index is 12.1. The van der Waals surface area contributed by atoms with E-state index in [0.717, 1.165) is 11.1 Å². The molecule has 0 unspecified atom stereocenters. The predicted octanol–water partition coefficient (Wildman–Crippen LogP) is 4.04. The Morgan fingerprint density at radius 2 is 1.91 bits per heavy atom. The molecule has 1 N–H and O–H groups in total. The van der Waals surface area contributed by atoms with E-state index in [0.29, 0.717) is 17.3 Å². The van der Waals surface area contributed by atoms with Gasteiger partial charge in [0.2, 0.25) is 0 Å². The van der Waals surface area contributed by atoms with Gasteiger partial charge in [-0.3, -0.25) is 4.79 Å². The van der Waals surface area contributed by atoms with Crippen LogP contribution in [0.5, 0.6) is 5.75 Å². The van der Waals surface area contributed by atoms with Crippen molar-refractivity contribution in [1.29, 1.82) is 0 Å². The monoisotopic (exact) mass is 317 g/mol. The molecule has 2 aromatic carbocycles. The molecule has 0 saturated heterocycles. The normalized spacial score (nSPS) is 11.8. The van der Waals surface area contributed by atoms with Crippen LogP contribution in [-0.4, -0.2) is 12.0 Å². The van der Waals surface area contributed by atoms with Crippen LogP contribution < -0.4 is 10.1 Å². The zero-order chi connectivity index (χ0) is 16.1. The highest BCUT2D eigenvalue weighted by molar-refractivity contribution is 6.31. The molecule has 0 bridgehead atoms. The molecule has 0 aromatic heterocycles. The number of carbonyl (C=O) groups excluding carboxylic acids is 1. The maximum Gasteiger partial charge on any atom is 0.261 e. The van der Waals surface area contributed by atoms with Gasteiger partial charge < -0.3 is 10.1 Å². The number of carbonyl (C=O) groups is 1. The highest BCUT2D eigenvalue weighted by Crippen LogP contribution is 2.18. The predicted molar refractivity (Wildman–Crippen MR) is 89.3 cm³/mol. The number of ether oxygens (including phenoxy) is 1. The van der Waals surface area contributed by atoms with Crippen LogP contribution in [0, 0.1) is 13.8 Å². The molecular formula is C18H20ClNO2. The van der Waals surface area contributed by atoms with Gasteiger partial charge in [-0.2, -0.15) is 0 Å². The lowest BCUT2D eigenvalue weighted by Gasteiger charge is -2.16. The van der Waals surface area contributed by atoms with E-state index in [-0.39, 0.29) is 5.91 Å². The van der Waals surface area contributed by atoms with Crippen LogP contribution >= 0.6 is 11.6 Å². The minimum Gasteiger partial charge on any atom is -0.481 e. The maximum absolute atomic E-state index is 12.1. The summed E-state index contributed by atoms with van der Waals surface area (Å²) in [7, 11) is 0. The van der Waals surface area contributed by atoms with Gasteiger partial charge in [0.1, 0.15) is 5.75 Å². The zero-order valence-corrected chi connectivity index (χ0v) is 13.8. The summed E-state index contributed by atoms with van der Waals surface area (Å²) in [4.78, 5) is 12.1. The molecule has 0 aliphatic carbocycles. The number of hydrogen-bond acceptors (Lipinski definition) is 2. The van der Waals surface area contributed by atoms with Crippen molar-refractivity contribution >= 4 is 17.5 Å². The first kappa shape index (κ1) is 16.4. The molecule has 116 valence electrons. The van der Waals surface area contributed by atoms with Crippen molar-refractivity contribution in [2.24, 2.45) is 0 Å². The van der Waals surface area contributed by atoms with Crippen LogP contribution in [0.1, 0.15) is 23.6 Å². The summed E-state index contributed by atoms with van der Waals surface area (Å²) in [6.45, 7) is 6.18. The van der Waals surface area contributed by atoms with Crippen LogP contribution in [0.15, 0.2) is 42.5 Å². The summed E-state index contributed by atoms with van der Waals surface area (Å²) >= 11 is 6.07. The highest BCUT2D eigenvalue weighted by Gasteiger charge is 2.15. The van der Waals surface area contributed by atoms with Crippen molar-refractivity contribution in [2.75, 3.05) is 0 Å². The van der Waals surface area contributed by atoms with E-state index >= 15 is 0 Å². The Morgan fingerprint density at radius 1 is 1.18 bits per heavy atom. The van der Waals surface area contributed by atoms with E-state index in [1.165, 1.54) is 5.56 Å². The first-order chi connectivity index (χ1) is 10.5. The van der Waals surface area contributed by atoms with Crippen molar-refractivity contribution in [3.8, 4) is 5.75 Å². The van der Waals surface area contributed by atoms with Crippen LogP contribution in [-0.2, 0) is 11.3 Å². The van der Waals surface area contributed by atoms with Gasteiger partial charge in [0, 0.05) is 11.6 Å². The second-order valence-electron chi connectivity index (χ2n) is 5.32. The molecule has 0 saturated carbocycles. The number of benzene rings is 2. The number of nitrogens with one attached hydrogen (secondary N) is 1. The molecule has 3 nitrogen and oxygen atoms in total. The topological polar surface area (TPSA) is 38.3 Å². The number of aryl methyl sites for hydroxylation is 2. The lowest BCUT2D eigenvalue weighted by atomic mass is 10.1. The minimum atomic E-state index is -0.565. The van der Waals surface area contributed by atoms with Crippen LogP contribution in [0.3, 0.4) is 0 Å². The van der Waals surface area contributed by atoms with Gasteiger partial charge >= 0.3 is 0 Å². The summed E-state index contributed by atoms with van der Waals surface area (Å²) in [5.41, 5.74) is 3.22. The van der Waals surface area contributed by atoms with Gasteiger partial charge in [0.25, 0.3) is 5.91 Å². The Hall–Kier alpha value is -2.00. The molecule has 22 heavy (non-hydrogen) atoms.